The monoisotopic (exact) mass is 369 g/mol. The van der Waals surface area contributed by atoms with Crippen molar-refractivity contribution in [1.29, 1.82) is 0 Å². The van der Waals surface area contributed by atoms with Gasteiger partial charge in [-0.15, -0.1) is 0 Å². The molecule has 2 aliphatic rings. The van der Waals surface area contributed by atoms with E-state index in [0.717, 1.165) is 18.7 Å². The van der Waals surface area contributed by atoms with Crippen molar-refractivity contribution in [3.05, 3.63) is 47.9 Å². The number of carbonyl (C=O) groups excluding carboxylic acids is 1. The molecule has 0 bridgehead atoms. The van der Waals surface area contributed by atoms with E-state index in [-0.39, 0.29) is 24.2 Å². The fourth-order valence-electron chi connectivity index (χ4n) is 3.30. The number of aliphatic hydroxyl groups is 1. The lowest BCUT2D eigenvalue weighted by Gasteiger charge is -2.27. The minimum atomic E-state index is -0.660. The first-order valence-corrected chi connectivity index (χ1v) is 9.14. The van der Waals surface area contributed by atoms with E-state index in [1.807, 2.05) is 12.1 Å². The number of nitrogens with one attached hydrogen (secondary N) is 2. The molecule has 1 aromatic carbocycles. The number of ether oxygens (including phenoxy) is 1. The Kier molecular flexibility index (Phi) is 5.17. The molecular weight excluding hydrogens is 346 g/mol. The SMILES string of the molecule is O=C(NCC(O)CN1CCc2ccccc21)c1cc(NC2COC2)ncn1. The molecule has 3 N–H and O–H groups in total. The molecule has 142 valence electrons. The molecule has 8 heteroatoms. The summed E-state index contributed by atoms with van der Waals surface area (Å²) in [5.74, 6) is 0.267. The number of hydrogen-bond acceptors (Lipinski definition) is 7. The first-order chi connectivity index (χ1) is 13.2. The second kappa shape index (κ2) is 7.89. The van der Waals surface area contributed by atoms with E-state index in [2.05, 4.69) is 37.6 Å². The molecule has 1 amide bonds. The molecule has 2 aliphatic heterocycles. The van der Waals surface area contributed by atoms with Crippen LogP contribution in [0.15, 0.2) is 36.7 Å². The lowest BCUT2D eigenvalue weighted by Crippen LogP contribution is -2.41. The number of benzene rings is 1. The Labute approximate surface area is 157 Å². The Hall–Kier alpha value is -2.71. The van der Waals surface area contributed by atoms with Crippen molar-refractivity contribution in [1.82, 2.24) is 15.3 Å². The molecule has 3 heterocycles. The largest absolute Gasteiger partial charge is 0.389 e. The van der Waals surface area contributed by atoms with E-state index < -0.39 is 6.10 Å². The number of hydrogen-bond donors (Lipinski definition) is 3. The summed E-state index contributed by atoms with van der Waals surface area (Å²) in [6, 6.07) is 10.0. The van der Waals surface area contributed by atoms with Crippen LogP contribution in [0.3, 0.4) is 0 Å². The third-order valence-corrected chi connectivity index (χ3v) is 4.80. The van der Waals surface area contributed by atoms with Crippen molar-refractivity contribution in [2.75, 3.05) is 43.1 Å². The Morgan fingerprint density at radius 2 is 2.19 bits per heavy atom. The van der Waals surface area contributed by atoms with E-state index in [1.165, 1.54) is 11.9 Å². The third-order valence-electron chi connectivity index (χ3n) is 4.80. The normalized spacial score (nSPS) is 17.1. The van der Waals surface area contributed by atoms with Gasteiger partial charge in [-0.25, -0.2) is 9.97 Å². The number of aromatic nitrogens is 2. The quantitative estimate of drug-likeness (QED) is 0.651. The number of para-hydroxylation sites is 1. The van der Waals surface area contributed by atoms with E-state index in [4.69, 9.17) is 4.74 Å². The summed E-state index contributed by atoms with van der Waals surface area (Å²) in [7, 11) is 0. The van der Waals surface area contributed by atoms with Gasteiger partial charge in [-0.05, 0) is 18.1 Å². The predicted molar refractivity (Wildman–Crippen MR) is 101 cm³/mol. The molecule has 27 heavy (non-hydrogen) atoms. The molecule has 0 radical (unpaired) electrons. The molecule has 1 aromatic heterocycles. The lowest BCUT2D eigenvalue weighted by atomic mass is 10.2. The van der Waals surface area contributed by atoms with E-state index in [0.29, 0.717) is 25.6 Å². The van der Waals surface area contributed by atoms with Crippen molar-refractivity contribution in [2.45, 2.75) is 18.6 Å². The third kappa shape index (κ3) is 4.17. The van der Waals surface area contributed by atoms with Gasteiger partial charge in [0.15, 0.2) is 0 Å². The highest BCUT2D eigenvalue weighted by Crippen LogP contribution is 2.27. The summed E-state index contributed by atoms with van der Waals surface area (Å²) < 4.78 is 5.11. The summed E-state index contributed by atoms with van der Waals surface area (Å²) in [6.45, 7) is 2.81. The Morgan fingerprint density at radius 3 is 3.00 bits per heavy atom. The highest BCUT2D eigenvalue weighted by atomic mass is 16.5. The molecule has 0 saturated carbocycles. The molecule has 0 spiro atoms. The average Bonchev–Trinajstić information content (AvgIpc) is 3.06. The summed E-state index contributed by atoms with van der Waals surface area (Å²) in [5.41, 5.74) is 2.73. The van der Waals surface area contributed by atoms with Crippen molar-refractivity contribution in [3.8, 4) is 0 Å². The van der Waals surface area contributed by atoms with Crippen LogP contribution in [0.5, 0.6) is 0 Å². The van der Waals surface area contributed by atoms with Crippen molar-refractivity contribution in [3.63, 3.8) is 0 Å². The van der Waals surface area contributed by atoms with Gasteiger partial charge in [0.1, 0.15) is 17.8 Å². The van der Waals surface area contributed by atoms with Gasteiger partial charge in [0.25, 0.3) is 5.91 Å². The molecule has 1 unspecified atom stereocenters. The summed E-state index contributed by atoms with van der Waals surface area (Å²) >= 11 is 0. The number of rotatable bonds is 7. The van der Waals surface area contributed by atoms with Gasteiger partial charge >= 0.3 is 0 Å². The maximum Gasteiger partial charge on any atom is 0.270 e. The van der Waals surface area contributed by atoms with Crippen LogP contribution in [0.25, 0.3) is 0 Å². The minimum absolute atomic E-state index is 0.167. The summed E-state index contributed by atoms with van der Waals surface area (Å²) in [5, 5.41) is 16.3. The molecule has 1 saturated heterocycles. The standard InChI is InChI=1S/C19H23N5O3/c25-15(9-24-6-5-13-3-1-2-4-17(13)24)8-20-19(26)16-7-18(22-12-21-16)23-14-10-27-11-14/h1-4,7,12,14-15,25H,5-6,8-11H2,(H,20,26)(H,21,22,23). The maximum atomic E-state index is 12.3. The highest BCUT2D eigenvalue weighted by molar-refractivity contribution is 5.92. The van der Waals surface area contributed by atoms with Gasteiger partial charge in [-0.2, -0.15) is 0 Å². The number of anilines is 2. The number of carbonyl (C=O) groups is 1. The maximum absolute atomic E-state index is 12.3. The fourth-order valence-corrected chi connectivity index (χ4v) is 3.30. The first-order valence-electron chi connectivity index (χ1n) is 9.14. The van der Waals surface area contributed by atoms with Gasteiger partial charge in [0.2, 0.25) is 0 Å². The van der Waals surface area contributed by atoms with Crippen LogP contribution >= 0.6 is 0 Å². The van der Waals surface area contributed by atoms with Gasteiger partial charge in [0.05, 0.1) is 25.4 Å². The molecule has 1 atom stereocenters. The topological polar surface area (TPSA) is 99.6 Å². The van der Waals surface area contributed by atoms with Crippen molar-refractivity contribution >= 4 is 17.4 Å². The fraction of sp³-hybridized carbons (Fsp3) is 0.421. The van der Waals surface area contributed by atoms with Crippen LogP contribution < -0.4 is 15.5 Å². The number of fused-ring (bicyclic) bond motifs is 1. The number of β-amino-alcohol motifs (C(OH)–C–C–N with tert-alkyl or cyclic N) is 1. The van der Waals surface area contributed by atoms with E-state index in [9.17, 15) is 9.90 Å². The van der Waals surface area contributed by atoms with Crippen LogP contribution in [-0.2, 0) is 11.2 Å². The molecule has 4 rings (SSSR count). The summed E-state index contributed by atoms with van der Waals surface area (Å²) in [6.07, 6.45) is 1.68. The molecule has 0 aliphatic carbocycles. The van der Waals surface area contributed by atoms with Gasteiger partial charge in [-0.3, -0.25) is 4.79 Å². The zero-order valence-corrected chi connectivity index (χ0v) is 15.0. The Balaban J connectivity index is 1.28. The second-order valence-corrected chi connectivity index (χ2v) is 6.86. The van der Waals surface area contributed by atoms with E-state index >= 15 is 0 Å². The molecule has 8 nitrogen and oxygen atoms in total. The number of nitrogens with zero attached hydrogens (tertiary/aromatic N) is 3. The zero-order valence-electron chi connectivity index (χ0n) is 15.0. The van der Waals surface area contributed by atoms with Crippen LogP contribution in [0.2, 0.25) is 0 Å². The highest BCUT2D eigenvalue weighted by Gasteiger charge is 2.22. The van der Waals surface area contributed by atoms with Gasteiger partial charge in [-0.1, -0.05) is 18.2 Å². The average molecular weight is 369 g/mol. The van der Waals surface area contributed by atoms with Crippen molar-refractivity contribution in [2.24, 2.45) is 0 Å². The van der Waals surface area contributed by atoms with E-state index in [1.54, 1.807) is 6.07 Å². The van der Waals surface area contributed by atoms with Crippen LogP contribution in [0.1, 0.15) is 16.1 Å². The lowest BCUT2D eigenvalue weighted by molar-refractivity contribution is 0.0209. The van der Waals surface area contributed by atoms with Gasteiger partial charge in [0, 0.05) is 31.4 Å². The molecular formula is C19H23N5O3. The molecule has 1 fully saturated rings. The summed E-state index contributed by atoms with van der Waals surface area (Å²) in [4.78, 5) is 22.6. The second-order valence-electron chi connectivity index (χ2n) is 6.86. The Morgan fingerprint density at radius 1 is 1.33 bits per heavy atom. The van der Waals surface area contributed by atoms with Crippen LogP contribution in [0.4, 0.5) is 11.5 Å². The Bertz CT molecular complexity index is 811. The zero-order chi connectivity index (χ0) is 18.6. The predicted octanol–water partition coefficient (Wildman–Crippen LogP) is 0.441. The van der Waals surface area contributed by atoms with Crippen LogP contribution in [-0.4, -0.2) is 66.0 Å². The smallest absolute Gasteiger partial charge is 0.270 e. The van der Waals surface area contributed by atoms with Crippen LogP contribution in [0, 0.1) is 0 Å². The minimum Gasteiger partial charge on any atom is -0.389 e. The molecule has 2 aromatic rings. The number of aliphatic hydroxyl groups excluding tert-OH is 1. The van der Waals surface area contributed by atoms with Crippen molar-refractivity contribution < 1.29 is 14.6 Å². The van der Waals surface area contributed by atoms with Gasteiger partial charge < -0.3 is 25.4 Å². The number of amides is 1. The first kappa shape index (κ1) is 17.7.